The maximum Gasteiger partial charge on any atom is 0.343 e. The minimum atomic E-state index is -4.53. The van der Waals surface area contributed by atoms with Gasteiger partial charge in [-0.1, -0.05) is 13.3 Å². The zero-order valence-electron chi connectivity index (χ0n) is 12.7. The van der Waals surface area contributed by atoms with Crippen LogP contribution in [0.15, 0.2) is 11.0 Å². The fourth-order valence-electron chi connectivity index (χ4n) is 2.15. The summed E-state index contributed by atoms with van der Waals surface area (Å²) in [5.74, 6) is -1.51. The molecule has 8 heteroatoms. The van der Waals surface area contributed by atoms with Gasteiger partial charge in [-0.05, 0) is 20.3 Å². The molecule has 0 heterocycles. The third-order valence-corrected chi connectivity index (χ3v) is 3.81. The van der Waals surface area contributed by atoms with Crippen molar-refractivity contribution in [2.75, 3.05) is 13.2 Å². The Hall–Kier alpha value is -1.80. The highest BCUT2D eigenvalue weighted by molar-refractivity contribution is 7.85. The van der Waals surface area contributed by atoms with E-state index in [1.165, 1.54) is 0 Å². The van der Waals surface area contributed by atoms with Crippen molar-refractivity contribution >= 4 is 16.1 Å². The lowest BCUT2D eigenvalue weighted by molar-refractivity contribution is 0.0687. The molecule has 1 rings (SSSR count). The van der Waals surface area contributed by atoms with E-state index in [1.807, 2.05) is 0 Å². The Morgan fingerprint density at radius 2 is 1.77 bits per heavy atom. The van der Waals surface area contributed by atoms with E-state index in [-0.39, 0.29) is 47.2 Å². The van der Waals surface area contributed by atoms with Gasteiger partial charge in [0.15, 0.2) is 0 Å². The summed E-state index contributed by atoms with van der Waals surface area (Å²) >= 11 is 0. The number of hydrogen-bond acceptors (Lipinski definition) is 5. The van der Waals surface area contributed by atoms with Crippen LogP contribution in [0.4, 0.5) is 0 Å². The fraction of sp³-hybridized carbons (Fsp3) is 0.500. The predicted molar refractivity (Wildman–Crippen MR) is 79.5 cm³/mol. The summed E-state index contributed by atoms with van der Waals surface area (Å²) in [6, 6.07) is 1.04. The van der Waals surface area contributed by atoms with E-state index in [0.717, 1.165) is 6.07 Å². The molecule has 2 N–H and O–H groups in total. The van der Waals surface area contributed by atoms with Crippen LogP contribution in [0, 0.1) is 0 Å². The molecule has 0 bridgehead atoms. The molecule has 0 aliphatic heterocycles. The molecule has 0 radical (unpaired) electrons. The average Bonchev–Trinajstić information content (AvgIpc) is 2.40. The van der Waals surface area contributed by atoms with Gasteiger partial charge >= 0.3 is 5.97 Å². The smallest absolute Gasteiger partial charge is 0.343 e. The number of carboxylic acid groups (broad SMARTS) is 1. The zero-order valence-corrected chi connectivity index (χ0v) is 13.6. The van der Waals surface area contributed by atoms with Crippen LogP contribution >= 0.6 is 0 Å². The Morgan fingerprint density at radius 1 is 1.18 bits per heavy atom. The minimum Gasteiger partial charge on any atom is -0.493 e. The normalized spacial score (nSPS) is 11.3. The van der Waals surface area contributed by atoms with Crippen molar-refractivity contribution in [2.24, 2.45) is 0 Å². The first-order chi connectivity index (χ1) is 10.3. The molecule has 1 aromatic rings. The second-order valence-electron chi connectivity index (χ2n) is 4.45. The first kappa shape index (κ1) is 18.2. The van der Waals surface area contributed by atoms with Gasteiger partial charge in [0.25, 0.3) is 10.1 Å². The van der Waals surface area contributed by atoms with E-state index < -0.39 is 16.1 Å². The summed E-state index contributed by atoms with van der Waals surface area (Å²) in [6.45, 7) is 5.39. The molecule has 0 saturated heterocycles. The van der Waals surface area contributed by atoms with Gasteiger partial charge in [-0.3, -0.25) is 4.55 Å². The lowest BCUT2D eigenvalue weighted by Crippen LogP contribution is -2.13. The van der Waals surface area contributed by atoms with Crippen molar-refractivity contribution in [1.82, 2.24) is 0 Å². The molecule has 0 spiro atoms. The molecule has 124 valence electrons. The first-order valence-corrected chi connectivity index (χ1v) is 8.38. The summed E-state index contributed by atoms with van der Waals surface area (Å²) in [7, 11) is -4.53. The standard InChI is InChI=1S/C14H20O7S/c1-4-7-9-11(22(17,18)19)8-10(20-5-2)12(14(15)16)13(9)21-6-3/h8H,4-7H2,1-3H3,(H,15,16)(H,17,18,19). The Bertz CT molecular complexity index is 650. The van der Waals surface area contributed by atoms with Gasteiger partial charge in [0.05, 0.1) is 13.2 Å². The van der Waals surface area contributed by atoms with Crippen molar-refractivity contribution in [1.29, 1.82) is 0 Å². The molecule has 0 unspecified atom stereocenters. The van der Waals surface area contributed by atoms with Gasteiger partial charge < -0.3 is 14.6 Å². The summed E-state index contributed by atoms with van der Waals surface area (Å²) < 4.78 is 43.3. The highest BCUT2D eigenvalue weighted by Gasteiger charge is 2.29. The van der Waals surface area contributed by atoms with Crippen LogP contribution in [0.25, 0.3) is 0 Å². The topological polar surface area (TPSA) is 110 Å². The lowest BCUT2D eigenvalue weighted by atomic mass is 10.0. The molecule has 0 saturated carbocycles. The zero-order chi connectivity index (χ0) is 16.9. The third-order valence-electron chi connectivity index (χ3n) is 2.89. The van der Waals surface area contributed by atoms with Crippen LogP contribution in [0.2, 0.25) is 0 Å². The van der Waals surface area contributed by atoms with Crippen molar-refractivity contribution in [2.45, 2.75) is 38.5 Å². The monoisotopic (exact) mass is 332 g/mol. The Morgan fingerprint density at radius 3 is 2.18 bits per heavy atom. The van der Waals surface area contributed by atoms with Gasteiger partial charge in [0.1, 0.15) is 22.0 Å². The van der Waals surface area contributed by atoms with Crippen LogP contribution in [0.3, 0.4) is 0 Å². The second kappa shape index (κ2) is 7.46. The number of rotatable bonds is 8. The molecular formula is C14H20O7S. The van der Waals surface area contributed by atoms with E-state index in [9.17, 15) is 22.9 Å². The Kier molecular flexibility index (Phi) is 6.19. The van der Waals surface area contributed by atoms with Crippen molar-refractivity contribution in [3.63, 3.8) is 0 Å². The van der Waals surface area contributed by atoms with Gasteiger partial charge in [0, 0.05) is 11.6 Å². The van der Waals surface area contributed by atoms with Gasteiger partial charge in [-0.25, -0.2) is 4.79 Å². The number of hydrogen-bond donors (Lipinski definition) is 2. The van der Waals surface area contributed by atoms with Crippen molar-refractivity contribution in [3.8, 4) is 11.5 Å². The molecule has 22 heavy (non-hydrogen) atoms. The van der Waals surface area contributed by atoms with Crippen LogP contribution in [-0.4, -0.2) is 37.3 Å². The van der Waals surface area contributed by atoms with Gasteiger partial charge in [-0.2, -0.15) is 8.42 Å². The van der Waals surface area contributed by atoms with Crippen molar-refractivity contribution < 1.29 is 32.3 Å². The van der Waals surface area contributed by atoms with E-state index in [1.54, 1.807) is 20.8 Å². The SMILES string of the molecule is CCCc1c(S(=O)(=O)O)cc(OCC)c(C(=O)O)c1OCC. The number of carboxylic acids is 1. The third kappa shape index (κ3) is 3.89. The Labute approximate surface area is 129 Å². The van der Waals surface area contributed by atoms with Gasteiger partial charge in [-0.15, -0.1) is 0 Å². The van der Waals surface area contributed by atoms with Crippen LogP contribution in [0.5, 0.6) is 11.5 Å². The molecular weight excluding hydrogens is 312 g/mol. The summed E-state index contributed by atoms with van der Waals surface area (Å²) in [4.78, 5) is 11.2. The number of aromatic carboxylic acids is 1. The highest BCUT2D eigenvalue weighted by Crippen LogP contribution is 2.38. The van der Waals surface area contributed by atoms with Crippen LogP contribution < -0.4 is 9.47 Å². The highest BCUT2D eigenvalue weighted by atomic mass is 32.2. The lowest BCUT2D eigenvalue weighted by Gasteiger charge is -2.19. The summed E-state index contributed by atoms with van der Waals surface area (Å²) in [6.07, 6.45) is 0.798. The quantitative estimate of drug-likeness (QED) is 0.703. The van der Waals surface area contributed by atoms with Crippen LogP contribution in [0.1, 0.15) is 43.1 Å². The molecule has 1 aromatic carbocycles. The molecule has 0 fully saturated rings. The van der Waals surface area contributed by atoms with E-state index in [2.05, 4.69) is 0 Å². The summed E-state index contributed by atoms with van der Waals surface area (Å²) in [5, 5.41) is 9.41. The molecule has 7 nitrogen and oxygen atoms in total. The van der Waals surface area contributed by atoms with E-state index in [4.69, 9.17) is 9.47 Å². The fourth-order valence-corrected chi connectivity index (χ4v) is 2.91. The summed E-state index contributed by atoms with van der Waals surface area (Å²) in [5.41, 5.74) is -0.0905. The number of benzene rings is 1. The number of ether oxygens (including phenoxy) is 2. The molecule has 0 aliphatic rings. The van der Waals surface area contributed by atoms with Crippen molar-refractivity contribution in [3.05, 3.63) is 17.2 Å². The largest absolute Gasteiger partial charge is 0.493 e. The molecule has 0 aromatic heterocycles. The minimum absolute atomic E-state index is 0.0737. The molecule has 0 atom stereocenters. The predicted octanol–water partition coefficient (Wildman–Crippen LogP) is 2.38. The van der Waals surface area contributed by atoms with E-state index in [0.29, 0.717) is 6.42 Å². The van der Waals surface area contributed by atoms with E-state index >= 15 is 0 Å². The number of carbonyl (C=O) groups is 1. The van der Waals surface area contributed by atoms with Gasteiger partial charge in [0.2, 0.25) is 0 Å². The maximum atomic E-state index is 11.6. The molecule has 0 aliphatic carbocycles. The maximum absolute atomic E-state index is 11.6. The van der Waals surface area contributed by atoms with Crippen LogP contribution in [-0.2, 0) is 16.5 Å². The molecule has 0 amide bonds. The first-order valence-electron chi connectivity index (χ1n) is 6.94. The average molecular weight is 332 g/mol. The second-order valence-corrected chi connectivity index (χ2v) is 5.84. The Balaban J connectivity index is 3.84.